The Labute approximate surface area is 249 Å². The smallest absolute Gasteiger partial charge is 0.161 e. The van der Waals surface area contributed by atoms with Crippen LogP contribution in [0, 0.1) is 6.92 Å². The Bertz CT molecular complexity index is 2070. The molecule has 4 aromatic heterocycles. The third-order valence-corrected chi connectivity index (χ3v) is 7.50. The number of allylic oxidation sites excluding steroid dienone is 3. The zero-order valence-corrected chi connectivity index (χ0v) is 23.5. The van der Waals surface area contributed by atoms with E-state index < -0.39 is 0 Å². The summed E-state index contributed by atoms with van der Waals surface area (Å²) in [6.07, 6.45) is 14.9. The second kappa shape index (κ2) is 10.8. The molecule has 0 aliphatic carbocycles. The van der Waals surface area contributed by atoms with E-state index in [9.17, 15) is 0 Å². The number of pyridine rings is 3. The van der Waals surface area contributed by atoms with Crippen molar-refractivity contribution in [3.8, 4) is 45.2 Å². The zero-order chi connectivity index (χ0) is 29.3. The lowest BCUT2D eigenvalue weighted by atomic mass is 9.97. The van der Waals surface area contributed by atoms with Gasteiger partial charge in [0.1, 0.15) is 0 Å². The highest BCUT2D eigenvalue weighted by Gasteiger charge is 2.22. The van der Waals surface area contributed by atoms with Crippen LogP contribution < -0.4 is 10.6 Å². The summed E-state index contributed by atoms with van der Waals surface area (Å²) in [7, 11) is 0. The van der Waals surface area contributed by atoms with E-state index in [4.69, 9.17) is 20.7 Å². The van der Waals surface area contributed by atoms with Crippen LogP contribution in [0.4, 0.5) is 11.4 Å². The fourth-order valence-corrected chi connectivity index (χ4v) is 5.39. The normalized spacial score (nSPS) is 12.7. The van der Waals surface area contributed by atoms with Crippen LogP contribution in [-0.2, 0) is 0 Å². The molecule has 2 aromatic carbocycles. The van der Waals surface area contributed by atoms with Gasteiger partial charge in [0.25, 0.3) is 0 Å². The van der Waals surface area contributed by atoms with Gasteiger partial charge in [0, 0.05) is 69.9 Å². The number of hydrogen-bond donors (Lipinski definition) is 1. The summed E-state index contributed by atoms with van der Waals surface area (Å²) in [5.41, 5.74) is 16.9. The van der Waals surface area contributed by atoms with Crippen molar-refractivity contribution in [2.24, 2.45) is 0 Å². The molecule has 0 atom stereocenters. The summed E-state index contributed by atoms with van der Waals surface area (Å²) in [5, 5.41) is 0.891. The Hall–Kier alpha value is -5.95. The molecule has 6 aromatic rings. The van der Waals surface area contributed by atoms with Crippen molar-refractivity contribution >= 4 is 22.3 Å². The summed E-state index contributed by atoms with van der Waals surface area (Å²) < 4.78 is 0. The van der Waals surface area contributed by atoms with E-state index in [1.54, 1.807) is 18.6 Å². The maximum atomic E-state index is 6.88. The first-order valence-electron chi connectivity index (χ1n) is 13.9. The maximum Gasteiger partial charge on any atom is 0.161 e. The molecule has 0 radical (unpaired) electrons. The fourth-order valence-electron chi connectivity index (χ4n) is 5.39. The van der Waals surface area contributed by atoms with Gasteiger partial charge >= 0.3 is 0 Å². The van der Waals surface area contributed by atoms with Crippen LogP contribution in [0.25, 0.3) is 56.1 Å². The Balaban J connectivity index is 1.45. The van der Waals surface area contributed by atoms with Crippen molar-refractivity contribution in [3.05, 3.63) is 140 Å². The van der Waals surface area contributed by atoms with E-state index in [1.807, 2.05) is 97.0 Å². The molecule has 7 nitrogen and oxygen atoms in total. The zero-order valence-electron chi connectivity index (χ0n) is 23.5. The predicted molar refractivity (Wildman–Crippen MR) is 174 cm³/mol. The molecule has 0 spiro atoms. The molecule has 5 heterocycles. The number of benzene rings is 2. The molecule has 0 bridgehead atoms. The molecule has 0 saturated heterocycles. The Morgan fingerprint density at radius 2 is 1.37 bits per heavy atom. The van der Waals surface area contributed by atoms with Crippen molar-refractivity contribution in [3.63, 3.8) is 0 Å². The summed E-state index contributed by atoms with van der Waals surface area (Å²) >= 11 is 0. The number of aromatic nitrogens is 5. The molecule has 2 N–H and O–H groups in total. The van der Waals surface area contributed by atoms with Crippen LogP contribution in [-0.4, -0.2) is 24.9 Å². The van der Waals surface area contributed by atoms with Crippen molar-refractivity contribution in [2.45, 2.75) is 6.92 Å². The van der Waals surface area contributed by atoms with E-state index in [1.165, 1.54) is 0 Å². The topological polar surface area (TPSA) is 93.7 Å². The minimum absolute atomic E-state index is 0.591. The molecule has 0 saturated carbocycles. The van der Waals surface area contributed by atoms with Gasteiger partial charge in [-0.1, -0.05) is 49.1 Å². The van der Waals surface area contributed by atoms with E-state index in [2.05, 4.69) is 34.7 Å². The number of para-hydroxylation sites is 1. The fraction of sp³-hybridized carbons (Fsp3) is 0.0278. The molecule has 43 heavy (non-hydrogen) atoms. The van der Waals surface area contributed by atoms with Crippen molar-refractivity contribution < 1.29 is 0 Å². The Kier molecular flexibility index (Phi) is 6.52. The highest BCUT2D eigenvalue weighted by atomic mass is 15.1. The minimum Gasteiger partial charge on any atom is -0.396 e. The molecule has 0 fully saturated rings. The van der Waals surface area contributed by atoms with Gasteiger partial charge in [-0.15, -0.1) is 0 Å². The predicted octanol–water partition coefficient (Wildman–Crippen LogP) is 7.78. The lowest BCUT2D eigenvalue weighted by Gasteiger charge is -2.27. The average molecular weight is 558 g/mol. The summed E-state index contributed by atoms with van der Waals surface area (Å²) in [5.74, 6) is 0.591. The summed E-state index contributed by atoms with van der Waals surface area (Å²) in [4.78, 5) is 25.8. The van der Waals surface area contributed by atoms with Crippen LogP contribution in [0.2, 0.25) is 0 Å². The molecule has 7 rings (SSSR count). The molecule has 1 aliphatic rings. The first-order valence-corrected chi connectivity index (χ1v) is 13.9. The van der Waals surface area contributed by atoms with E-state index in [-0.39, 0.29) is 0 Å². The molecule has 7 heteroatoms. The van der Waals surface area contributed by atoms with Gasteiger partial charge in [0.05, 0.1) is 34.0 Å². The van der Waals surface area contributed by atoms with Gasteiger partial charge in [0.2, 0.25) is 0 Å². The van der Waals surface area contributed by atoms with Crippen molar-refractivity contribution in [2.75, 3.05) is 10.6 Å². The lowest BCUT2D eigenvalue weighted by molar-refractivity contribution is 1.13. The number of anilines is 2. The SMILES string of the molecule is C=C1C=CC=CN1c1c(-c2cccc(-c3nc(-c4cccnc4)nc(-c4cccnc4)c3C)c2)nc2ccccc2c1N. The lowest BCUT2D eigenvalue weighted by Crippen LogP contribution is -2.18. The first kappa shape index (κ1) is 26.0. The van der Waals surface area contributed by atoms with Gasteiger partial charge in [-0.3, -0.25) is 9.97 Å². The number of nitrogen functional groups attached to an aromatic ring is 1. The second-order valence-corrected chi connectivity index (χ2v) is 10.2. The molecular weight excluding hydrogens is 530 g/mol. The van der Waals surface area contributed by atoms with Crippen LogP contribution in [0.1, 0.15) is 5.56 Å². The van der Waals surface area contributed by atoms with Crippen molar-refractivity contribution in [1.82, 2.24) is 24.9 Å². The van der Waals surface area contributed by atoms with Crippen molar-refractivity contribution in [1.29, 1.82) is 0 Å². The monoisotopic (exact) mass is 557 g/mol. The molecular formula is C36H27N7. The third-order valence-electron chi connectivity index (χ3n) is 7.50. The van der Waals surface area contributed by atoms with Crippen LogP contribution in [0.15, 0.2) is 134 Å². The molecule has 0 amide bonds. The number of nitrogens with zero attached hydrogens (tertiary/aromatic N) is 6. The number of rotatable bonds is 5. The third kappa shape index (κ3) is 4.73. The maximum absolute atomic E-state index is 6.88. The highest BCUT2D eigenvalue weighted by molar-refractivity contribution is 6.03. The van der Waals surface area contributed by atoms with Gasteiger partial charge in [0.15, 0.2) is 5.82 Å². The number of fused-ring (bicyclic) bond motifs is 1. The quantitative estimate of drug-likeness (QED) is 0.231. The highest BCUT2D eigenvalue weighted by Crippen LogP contribution is 2.42. The van der Waals surface area contributed by atoms with E-state index >= 15 is 0 Å². The van der Waals surface area contributed by atoms with E-state index in [0.717, 1.165) is 67.2 Å². The second-order valence-electron chi connectivity index (χ2n) is 10.2. The summed E-state index contributed by atoms with van der Waals surface area (Å²) in [6, 6.07) is 24.0. The van der Waals surface area contributed by atoms with Crippen LogP contribution in [0.3, 0.4) is 0 Å². The summed E-state index contributed by atoms with van der Waals surface area (Å²) in [6.45, 7) is 6.30. The van der Waals surface area contributed by atoms with Gasteiger partial charge in [-0.25, -0.2) is 15.0 Å². The average Bonchev–Trinajstić information content (AvgIpc) is 3.06. The van der Waals surface area contributed by atoms with E-state index in [0.29, 0.717) is 11.5 Å². The first-order chi connectivity index (χ1) is 21.1. The number of nitrogens with two attached hydrogens (primary N) is 1. The minimum atomic E-state index is 0.591. The van der Waals surface area contributed by atoms with Gasteiger partial charge in [-0.05, 0) is 55.5 Å². The molecule has 0 unspecified atom stereocenters. The van der Waals surface area contributed by atoms with Crippen LogP contribution >= 0.6 is 0 Å². The van der Waals surface area contributed by atoms with Gasteiger partial charge < -0.3 is 10.6 Å². The molecule has 206 valence electrons. The van der Waals surface area contributed by atoms with Gasteiger partial charge in [-0.2, -0.15) is 0 Å². The van der Waals surface area contributed by atoms with Crippen LogP contribution in [0.5, 0.6) is 0 Å². The Morgan fingerprint density at radius 1 is 0.698 bits per heavy atom. The number of hydrogen-bond acceptors (Lipinski definition) is 7. The standard InChI is InChI=1S/C36H27N7/c1-23-10-5-6-19-43(23)35-31(37)29-15-3-4-16-30(29)40-34(35)26-12-7-11-25(20-26)32-24(2)33(27-13-8-17-38-21-27)42-36(41-32)28-14-9-18-39-22-28/h3-22H,1H2,2H3,(H2,37,40). The molecule has 1 aliphatic heterocycles. The largest absolute Gasteiger partial charge is 0.396 e. The Morgan fingerprint density at radius 3 is 2.09 bits per heavy atom.